The quantitative estimate of drug-likeness (QED) is 0.771. The van der Waals surface area contributed by atoms with E-state index in [1.165, 1.54) is 0 Å². The van der Waals surface area contributed by atoms with E-state index in [2.05, 4.69) is 26.4 Å². The van der Waals surface area contributed by atoms with Crippen LogP contribution in [0.25, 0.3) is 0 Å². The molecule has 1 N–H and O–H groups in total. The van der Waals surface area contributed by atoms with Gasteiger partial charge in [-0.15, -0.1) is 12.3 Å². The average molecular weight is 345 g/mol. The van der Waals surface area contributed by atoms with Crippen molar-refractivity contribution in [2.75, 3.05) is 18.0 Å². The van der Waals surface area contributed by atoms with Gasteiger partial charge in [0.05, 0.1) is 0 Å². The highest BCUT2D eigenvalue weighted by molar-refractivity contribution is 6.30. The summed E-state index contributed by atoms with van der Waals surface area (Å²) in [6, 6.07) is 7.98. The SMILES string of the molecule is C#CCCC1(CCC(=O)NC2CCN(c3cccc(Cl)c3)C2)N=N1. The molecule has 3 rings (SSSR count). The third-order valence-corrected chi connectivity index (χ3v) is 4.77. The molecule has 0 radical (unpaired) electrons. The Balaban J connectivity index is 1.42. The highest BCUT2D eigenvalue weighted by atomic mass is 35.5. The van der Waals surface area contributed by atoms with Crippen LogP contribution in [-0.2, 0) is 4.79 Å². The summed E-state index contributed by atoms with van der Waals surface area (Å²) in [7, 11) is 0. The number of carbonyl (C=O) groups excluding carboxylic acids is 1. The summed E-state index contributed by atoms with van der Waals surface area (Å²) in [6.45, 7) is 1.73. The fraction of sp³-hybridized carbons (Fsp3) is 0.500. The molecule has 1 amide bonds. The van der Waals surface area contributed by atoms with Crippen molar-refractivity contribution in [3.05, 3.63) is 29.3 Å². The number of carbonyl (C=O) groups is 1. The van der Waals surface area contributed by atoms with E-state index in [1.54, 1.807) is 0 Å². The van der Waals surface area contributed by atoms with Gasteiger partial charge >= 0.3 is 0 Å². The van der Waals surface area contributed by atoms with E-state index < -0.39 is 0 Å². The molecule has 2 aliphatic rings. The number of nitrogens with one attached hydrogen (secondary N) is 1. The maximum Gasteiger partial charge on any atom is 0.220 e. The number of terminal acetylenes is 1. The number of nitrogens with zero attached hydrogens (tertiary/aromatic N) is 3. The Bertz CT molecular complexity index is 676. The first-order chi connectivity index (χ1) is 11.6. The van der Waals surface area contributed by atoms with Gasteiger partial charge < -0.3 is 10.2 Å². The Hall–Kier alpha value is -2.06. The fourth-order valence-electron chi connectivity index (χ4n) is 3.07. The van der Waals surface area contributed by atoms with E-state index in [-0.39, 0.29) is 17.6 Å². The Morgan fingerprint density at radius 3 is 3.00 bits per heavy atom. The van der Waals surface area contributed by atoms with Crippen LogP contribution in [0.3, 0.4) is 0 Å². The molecule has 0 aromatic heterocycles. The van der Waals surface area contributed by atoms with Crippen molar-refractivity contribution in [2.45, 2.75) is 43.8 Å². The minimum Gasteiger partial charge on any atom is -0.369 e. The van der Waals surface area contributed by atoms with Gasteiger partial charge in [0.1, 0.15) is 0 Å². The predicted molar refractivity (Wildman–Crippen MR) is 95.1 cm³/mol. The third-order valence-electron chi connectivity index (χ3n) is 4.53. The first-order valence-corrected chi connectivity index (χ1v) is 8.65. The molecule has 0 saturated carbocycles. The van der Waals surface area contributed by atoms with Gasteiger partial charge in [-0.25, -0.2) is 0 Å². The lowest BCUT2D eigenvalue weighted by molar-refractivity contribution is -0.121. The van der Waals surface area contributed by atoms with E-state index in [0.717, 1.165) is 36.6 Å². The number of hydrogen-bond acceptors (Lipinski definition) is 4. The molecule has 24 heavy (non-hydrogen) atoms. The van der Waals surface area contributed by atoms with Crippen LogP contribution in [0, 0.1) is 12.3 Å². The smallest absolute Gasteiger partial charge is 0.220 e. The maximum atomic E-state index is 12.2. The Morgan fingerprint density at radius 1 is 1.46 bits per heavy atom. The number of halogens is 1. The fourth-order valence-corrected chi connectivity index (χ4v) is 3.25. The van der Waals surface area contributed by atoms with Gasteiger partial charge in [-0.2, -0.15) is 10.2 Å². The van der Waals surface area contributed by atoms with E-state index in [9.17, 15) is 4.79 Å². The summed E-state index contributed by atoms with van der Waals surface area (Å²) in [5.74, 6) is 2.66. The van der Waals surface area contributed by atoms with Gasteiger partial charge in [0, 0.05) is 55.5 Å². The second kappa shape index (κ2) is 7.23. The van der Waals surface area contributed by atoms with Gasteiger partial charge in [-0.1, -0.05) is 17.7 Å². The maximum absolute atomic E-state index is 12.2. The zero-order valence-electron chi connectivity index (χ0n) is 13.5. The van der Waals surface area contributed by atoms with E-state index in [1.807, 2.05) is 24.3 Å². The molecule has 6 heteroatoms. The summed E-state index contributed by atoms with van der Waals surface area (Å²) in [5, 5.41) is 12.0. The molecule has 0 spiro atoms. The minimum absolute atomic E-state index is 0.0605. The highest BCUT2D eigenvalue weighted by Crippen LogP contribution is 2.37. The predicted octanol–water partition coefficient (Wildman–Crippen LogP) is 3.39. The van der Waals surface area contributed by atoms with Crippen LogP contribution in [0.15, 0.2) is 34.5 Å². The van der Waals surface area contributed by atoms with Crippen molar-refractivity contribution in [3.63, 3.8) is 0 Å². The van der Waals surface area contributed by atoms with Crippen LogP contribution in [0.1, 0.15) is 32.1 Å². The number of anilines is 1. The van der Waals surface area contributed by atoms with Crippen LogP contribution in [0.4, 0.5) is 5.69 Å². The van der Waals surface area contributed by atoms with E-state index in [4.69, 9.17) is 18.0 Å². The second-order valence-electron chi connectivity index (χ2n) is 6.37. The topological polar surface area (TPSA) is 57.1 Å². The molecule has 1 saturated heterocycles. The number of benzene rings is 1. The Labute approximate surface area is 147 Å². The third kappa shape index (κ3) is 4.27. The van der Waals surface area contributed by atoms with Crippen molar-refractivity contribution >= 4 is 23.2 Å². The van der Waals surface area contributed by atoms with Crippen molar-refractivity contribution in [1.29, 1.82) is 0 Å². The zero-order chi connectivity index (χ0) is 17.0. The van der Waals surface area contributed by atoms with Gasteiger partial charge in [0.15, 0.2) is 5.66 Å². The van der Waals surface area contributed by atoms with Gasteiger partial charge in [-0.05, 0) is 24.6 Å². The van der Waals surface area contributed by atoms with Gasteiger partial charge in [0.25, 0.3) is 0 Å². The zero-order valence-corrected chi connectivity index (χ0v) is 14.3. The molecule has 1 aromatic carbocycles. The van der Waals surface area contributed by atoms with Crippen LogP contribution < -0.4 is 10.2 Å². The lowest BCUT2D eigenvalue weighted by Crippen LogP contribution is -2.37. The Kier molecular flexibility index (Phi) is 5.06. The van der Waals surface area contributed by atoms with Crippen LogP contribution in [-0.4, -0.2) is 30.7 Å². The van der Waals surface area contributed by atoms with Crippen LogP contribution >= 0.6 is 11.6 Å². The first kappa shape index (κ1) is 16.8. The van der Waals surface area contributed by atoms with E-state index >= 15 is 0 Å². The van der Waals surface area contributed by atoms with Crippen LogP contribution in [0.5, 0.6) is 0 Å². The largest absolute Gasteiger partial charge is 0.369 e. The second-order valence-corrected chi connectivity index (χ2v) is 6.80. The molecule has 1 fully saturated rings. The molecule has 5 nitrogen and oxygen atoms in total. The van der Waals surface area contributed by atoms with Crippen LogP contribution in [0.2, 0.25) is 5.02 Å². The van der Waals surface area contributed by atoms with Crippen molar-refractivity contribution in [2.24, 2.45) is 10.2 Å². The van der Waals surface area contributed by atoms with Gasteiger partial charge in [-0.3, -0.25) is 4.79 Å². The lowest BCUT2D eigenvalue weighted by atomic mass is 10.0. The number of hydrogen-bond donors (Lipinski definition) is 1. The normalized spacial score (nSPS) is 20.7. The summed E-state index contributed by atoms with van der Waals surface area (Å²) >= 11 is 6.04. The number of rotatable bonds is 7. The summed E-state index contributed by atoms with van der Waals surface area (Å²) in [5.41, 5.74) is 0.717. The van der Waals surface area contributed by atoms with Crippen molar-refractivity contribution in [3.8, 4) is 12.3 Å². The summed E-state index contributed by atoms with van der Waals surface area (Å²) in [4.78, 5) is 14.4. The Morgan fingerprint density at radius 2 is 2.29 bits per heavy atom. The van der Waals surface area contributed by atoms with E-state index in [0.29, 0.717) is 19.3 Å². The molecule has 1 aromatic rings. The molecule has 0 aliphatic carbocycles. The molecule has 0 bridgehead atoms. The standard InChI is InChI=1S/C18H21ClN4O/c1-2-3-9-18(21-22-18)10-7-17(24)20-15-8-11-23(13-15)16-6-4-5-14(19)12-16/h1,4-6,12,15H,3,7-11,13H2,(H,20,24). The summed E-state index contributed by atoms with van der Waals surface area (Å²) < 4.78 is 0. The summed E-state index contributed by atoms with van der Waals surface area (Å²) in [6.07, 6.45) is 8.68. The molecule has 1 atom stereocenters. The van der Waals surface area contributed by atoms with Gasteiger partial charge in [0.2, 0.25) is 5.91 Å². The lowest BCUT2D eigenvalue weighted by Gasteiger charge is -2.19. The molecule has 126 valence electrons. The van der Waals surface area contributed by atoms with Crippen molar-refractivity contribution in [1.82, 2.24) is 5.32 Å². The minimum atomic E-state index is -0.383. The molecule has 2 aliphatic heterocycles. The van der Waals surface area contributed by atoms with Crippen molar-refractivity contribution < 1.29 is 4.79 Å². The monoisotopic (exact) mass is 344 g/mol. The highest BCUT2D eigenvalue weighted by Gasteiger charge is 2.39. The molecule has 1 unspecified atom stereocenters. The first-order valence-electron chi connectivity index (χ1n) is 8.28. The number of amides is 1. The average Bonchev–Trinajstić information content (AvgIpc) is 3.20. The molecular weight excluding hydrogens is 324 g/mol. The molecular formula is C18H21ClN4O. The molecule has 2 heterocycles.